The van der Waals surface area contributed by atoms with Gasteiger partial charge in [-0.3, -0.25) is 0 Å². The van der Waals surface area contributed by atoms with Crippen molar-refractivity contribution in [3.8, 4) is 17.2 Å². The minimum Gasteiger partial charge on any atom is -0.493 e. The molecule has 0 saturated carbocycles. The molecule has 106 valence electrons. The summed E-state index contributed by atoms with van der Waals surface area (Å²) in [6.07, 6.45) is 1.66. The zero-order chi connectivity index (χ0) is 13.8. The number of methoxy groups -OCH3 is 4. The molecule has 1 fully saturated rings. The fraction of sp³-hybridized carbons (Fsp3) is 0.571. The Balaban J connectivity index is 2.31. The molecule has 1 heterocycles. The minimum absolute atomic E-state index is 0.00124. The van der Waals surface area contributed by atoms with E-state index in [1.54, 1.807) is 28.4 Å². The van der Waals surface area contributed by atoms with Gasteiger partial charge in [0.15, 0.2) is 17.8 Å². The number of benzene rings is 1. The van der Waals surface area contributed by atoms with Crippen LogP contribution in [0.15, 0.2) is 12.1 Å². The molecule has 0 aliphatic carbocycles. The summed E-state index contributed by atoms with van der Waals surface area (Å²) in [6.45, 7) is 0. The van der Waals surface area contributed by atoms with Crippen LogP contribution in [0.5, 0.6) is 17.2 Å². The molecular formula is C14H20O5. The largest absolute Gasteiger partial charge is 0.493 e. The van der Waals surface area contributed by atoms with Crippen molar-refractivity contribution >= 4 is 0 Å². The Kier molecular flexibility index (Phi) is 4.50. The third-order valence-corrected chi connectivity index (χ3v) is 3.30. The van der Waals surface area contributed by atoms with Crippen molar-refractivity contribution in [2.75, 3.05) is 28.4 Å². The van der Waals surface area contributed by atoms with Gasteiger partial charge in [-0.15, -0.1) is 0 Å². The maximum absolute atomic E-state index is 5.79. The van der Waals surface area contributed by atoms with Crippen molar-refractivity contribution in [2.45, 2.75) is 25.2 Å². The molecule has 0 spiro atoms. The first-order valence-corrected chi connectivity index (χ1v) is 6.21. The van der Waals surface area contributed by atoms with Crippen molar-refractivity contribution < 1.29 is 23.7 Å². The quantitative estimate of drug-likeness (QED) is 0.821. The van der Waals surface area contributed by atoms with Gasteiger partial charge in [0.25, 0.3) is 0 Å². The summed E-state index contributed by atoms with van der Waals surface area (Å²) in [6, 6.07) is 3.84. The van der Waals surface area contributed by atoms with Crippen LogP contribution in [0.4, 0.5) is 0 Å². The first kappa shape index (κ1) is 14.0. The van der Waals surface area contributed by atoms with E-state index in [1.165, 1.54) is 0 Å². The van der Waals surface area contributed by atoms with Gasteiger partial charge in [0.05, 0.1) is 27.4 Å². The predicted molar refractivity (Wildman–Crippen MR) is 70.0 cm³/mol. The van der Waals surface area contributed by atoms with E-state index >= 15 is 0 Å². The van der Waals surface area contributed by atoms with Crippen LogP contribution in [-0.4, -0.2) is 34.7 Å². The Labute approximate surface area is 113 Å². The molecule has 0 amide bonds. The lowest BCUT2D eigenvalue weighted by atomic mass is 10.1. The van der Waals surface area contributed by atoms with Crippen LogP contribution in [0.2, 0.25) is 0 Å². The molecule has 1 saturated heterocycles. The maximum Gasteiger partial charge on any atom is 0.203 e. The second-order valence-electron chi connectivity index (χ2n) is 4.33. The highest BCUT2D eigenvalue weighted by molar-refractivity contribution is 5.54. The van der Waals surface area contributed by atoms with Gasteiger partial charge < -0.3 is 23.7 Å². The molecule has 19 heavy (non-hydrogen) atoms. The summed E-state index contributed by atoms with van der Waals surface area (Å²) >= 11 is 0. The highest BCUT2D eigenvalue weighted by Gasteiger charge is 2.28. The number of ether oxygens (including phenoxy) is 5. The van der Waals surface area contributed by atoms with Gasteiger partial charge in [0, 0.05) is 13.5 Å². The fourth-order valence-corrected chi connectivity index (χ4v) is 2.31. The van der Waals surface area contributed by atoms with E-state index in [4.69, 9.17) is 23.7 Å². The topological polar surface area (TPSA) is 46.2 Å². The molecule has 5 nitrogen and oxygen atoms in total. The average molecular weight is 268 g/mol. The molecule has 0 bridgehead atoms. The van der Waals surface area contributed by atoms with Crippen molar-refractivity contribution in [1.29, 1.82) is 0 Å². The Hall–Kier alpha value is -1.46. The molecule has 5 heteroatoms. The summed E-state index contributed by atoms with van der Waals surface area (Å²) in [5, 5.41) is 0. The van der Waals surface area contributed by atoms with Crippen LogP contribution in [0.3, 0.4) is 0 Å². The third-order valence-electron chi connectivity index (χ3n) is 3.30. The maximum atomic E-state index is 5.79. The van der Waals surface area contributed by atoms with Crippen LogP contribution < -0.4 is 14.2 Å². The van der Waals surface area contributed by atoms with E-state index in [0.717, 1.165) is 18.4 Å². The van der Waals surface area contributed by atoms with Gasteiger partial charge >= 0.3 is 0 Å². The van der Waals surface area contributed by atoms with E-state index in [1.807, 2.05) is 12.1 Å². The Bertz CT molecular complexity index is 407. The minimum atomic E-state index is -0.135. The first-order chi connectivity index (χ1) is 9.23. The summed E-state index contributed by atoms with van der Waals surface area (Å²) in [5.74, 6) is 1.87. The summed E-state index contributed by atoms with van der Waals surface area (Å²) in [7, 11) is 6.46. The molecule has 1 aromatic carbocycles. The van der Waals surface area contributed by atoms with Crippen LogP contribution in [0.25, 0.3) is 0 Å². The fourth-order valence-electron chi connectivity index (χ4n) is 2.31. The monoisotopic (exact) mass is 268 g/mol. The lowest BCUT2D eigenvalue weighted by Crippen LogP contribution is -2.08. The van der Waals surface area contributed by atoms with Gasteiger partial charge in [-0.25, -0.2) is 0 Å². The highest BCUT2D eigenvalue weighted by atomic mass is 16.7. The smallest absolute Gasteiger partial charge is 0.203 e. The summed E-state index contributed by atoms with van der Waals surface area (Å²) in [5.41, 5.74) is 1.01. The van der Waals surface area contributed by atoms with Crippen LogP contribution in [0.1, 0.15) is 24.5 Å². The molecule has 2 rings (SSSR count). The van der Waals surface area contributed by atoms with Crippen molar-refractivity contribution in [3.05, 3.63) is 17.7 Å². The molecule has 0 radical (unpaired) electrons. The molecule has 1 aliphatic rings. The molecule has 1 aromatic rings. The van der Waals surface area contributed by atoms with Gasteiger partial charge in [-0.1, -0.05) is 0 Å². The van der Waals surface area contributed by atoms with Crippen LogP contribution in [0, 0.1) is 0 Å². The number of hydrogen-bond acceptors (Lipinski definition) is 5. The predicted octanol–water partition coefficient (Wildman–Crippen LogP) is 2.54. The zero-order valence-corrected chi connectivity index (χ0v) is 11.8. The van der Waals surface area contributed by atoms with Crippen molar-refractivity contribution in [2.24, 2.45) is 0 Å². The van der Waals surface area contributed by atoms with Gasteiger partial charge in [-0.05, 0) is 24.1 Å². The normalized spacial score (nSPS) is 22.3. The van der Waals surface area contributed by atoms with Gasteiger partial charge in [0.1, 0.15) is 0 Å². The first-order valence-electron chi connectivity index (χ1n) is 6.21. The zero-order valence-electron chi connectivity index (χ0n) is 11.8. The van der Waals surface area contributed by atoms with E-state index in [-0.39, 0.29) is 12.4 Å². The van der Waals surface area contributed by atoms with E-state index in [2.05, 4.69) is 0 Å². The average Bonchev–Trinajstić information content (AvgIpc) is 2.94. The van der Waals surface area contributed by atoms with Crippen LogP contribution >= 0.6 is 0 Å². The Morgan fingerprint density at radius 1 is 0.947 bits per heavy atom. The summed E-state index contributed by atoms with van der Waals surface area (Å²) in [4.78, 5) is 0. The third kappa shape index (κ3) is 2.77. The Morgan fingerprint density at radius 3 is 2.00 bits per heavy atom. The van der Waals surface area contributed by atoms with E-state index < -0.39 is 0 Å². The van der Waals surface area contributed by atoms with Crippen LogP contribution in [-0.2, 0) is 9.47 Å². The Morgan fingerprint density at radius 2 is 1.58 bits per heavy atom. The standard InChI is InChI=1S/C14H20O5/c1-15-11-7-9(8-12(16-2)14(11)18-4)10-5-6-13(17-3)19-10/h7-8,10,13H,5-6H2,1-4H3. The molecule has 2 unspecified atom stereocenters. The highest BCUT2D eigenvalue weighted by Crippen LogP contribution is 2.43. The molecule has 0 N–H and O–H groups in total. The van der Waals surface area contributed by atoms with Gasteiger partial charge in [-0.2, -0.15) is 0 Å². The SMILES string of the molecule is COc1cc(C2CCC(OC)O2)cc(OC)c1OC. The van der Waals surface area contributed by atoms with E-state index in [0.29, 0.717) is 17.2 Å². The second-order valence-corrected chi connectivity index (χ2v) is 4.33. The molecule has 0 aromatic heterocycles. The molecule has 1 aliphatic heterocycles. The summed E-state index contributed by atoms with van der Waals surface area (Å²) < 4.78 is 27.0. The van der Waals surface area contributed by atoms with Gasteiger partial charge in [0.2, 0.25) is 5.75 Å². The second kappa shape index (κ2) is 6.12. The number of rotatable bonds is 5. The lowest BCUT2D eigenvalue weighted by Gasteiger charge is -2.17. The number of hydrogen-bond donors (Lipinski definition) is 0. The van der Waals surface area contributed by atoms with Crippen molar-refractivity contribution in [3.63, 3.8) is 0 Å². The molecule has 2 atom stereocenters. The lowest BCUT2D eigenvalue weighted by molar-refractivity contribution is -0.115. The molecular weight excluding hydrogens is 248 g/mol. The van der Waals surface area contributed by atoms with E-state index in [9.17, 15) is 0 Å². The van der Waals surface area contributed by atoms with Crippen molar-refractivity contribution in [1.82, 2.24) is 0 Å².